The maximum atomic E-state index is 11.3. The highest BCUT2D eigenvalue weighted by Gasteiger charge is 2.25. The van der Waals surface area contributed by atoms with Crippen LogP contribution in [0.15, 0.2) is 11.1 Å². The van der Waals surface area contributed by atoms with E-state index in [9.17, 15) is 4.79 Å². The van der Waals surface area contributed by atoms with Gasteiger partial charge in [0.05, 0.1) is 12.5 Å². The first-order chi connectivity index (χ1) is 5.16. The van der Waals surface area contributed by atoms with Gasteiger partial charge in [0.1, 0.15) is 6.10 Å². The second-order valence-corrected chi connectivity index (χ2v) is 3.03. The number of rotatable bonds is 1. The Hall–Kier alpha value is -0.340. The summed E-state index contributed by atoms with van der Waals surface area (Å²) < 4.78 is 5.18. The van der Waals surface area contributed by atoms with Crippen molar-refractivity contribution in [3.8, 4) is 0 Å². The van der Waals surface area contributed by atoms with E-state index >= 15 is 0 Å². The molecule has 1 heterocycles. The molecule has 1 rings (SSSR count). The van der Waals surface area contributed by atoms with E-state index < -0.39 is 6.10 Å². The zero-order valence-electron chi connectivity index (χ0n) is 6.69. The molecule has 0 aliphatic carbocycles. The quantitative estimate of drug-likeness (QED) is 0.564. The molecule has 0 aromatic rings. The normalized spacial score (nSPS) is 26.1. The summed E-state index contributed by atoms with van der Waals surface area (Å²) in [6.07, 6.45) is -0.416. The van der Waals surface area contributed by atoms with Crippen molar-refractivity contribution in [1.29, 1.82) is 0 Å². The average Bonchev–Trinajstić information content (AvgIpc) is 2.01. The molecule has 0 saturated carbocycles. The Kier molecular flexibility index (Phi) is 2.68. The lowest BCUT2D eigenvalue weighted by atomic mass is 10.0. The molecule has 1 atom stereocenters. The molecule has 0 radical (unpaired) electrons. The summed E-state index contributed by atoms with van der Waals surface area (Å²) in [5.74, 6) is 0.285. The number of hydrogen-bond acceptors (Lipinski definition) is 2. The molecule has 0 spiro atoms. The molecular formula is C8H11ClO2. The van der Waals surface area contributed by atoms with Crippen LogP contribution < -0.4 is 0 Å². The average molecular weight is 175 g/mol. The number of halogens is 1. The monoisotopic (exact) mass is 174 g/mol. The van der Waals surface area contributed by atoms with Gasteiger partial charge in [0, 0.05) is 0 Å². The minimum atomic E-state index is -0.416. The minimum absolute atomic E-state index is 0.0313. The number of carbonyl (C=O) groups excluding carboxylic acids is 1. The third-order valence-electron chi connectivity index (χ3n) is 1.94. The molecule has 62 valence electrons. The summed E-state index contributed by atoms with van der Waals surface area (Å²) in [7, 11) is 0. The first-order valence-electron chi connectivity index (χ1n) is 3.55. The van der Waals surface area contributed by atoms with Crippen LogP contribution in [0, 0.1) is 0 Å². The summed E-state index contributed by atoms with van der Waals surface area (Å²) in [6, 6.07) is 0. The number of ketones is 1. The summed E-state index contributed by atoms with van der Waals surface area (Å²) in [4.78, 5) is 11.3. The molecule has 1 aliphatic heterocycles. The van der Waals surface area contributed by atoms with Crippen LogP contribution in [0.1, 0.15) is 13.8 Å². The summed E-state index contributed by atoms with van der Waals surface area (Å²) in [6.45, 7) is 4.26. The third-order valence-corrected chi connectivity index (χ3v) is 2.22. The molecule has 1 unspecified atom stereocenters. The Bertz CT molecular complexity index is 208. The van der Waals surface area contributed by atoms with Crippen LogP contribution in [0.5, 0.6) is 0 Å². The van der Waals surface area contributed by atoms with E-state index in [2.05, 4.69) is 0 Å². The van der Waals surface area contributed by atoms with Gasteiger partial charge in [0.15, 0.2) is 5.78 Å². The summed E-state index contributed by atoms with van der Waals surface area (Å²) in [5.41, 5.74) is 1.82. The van der Waals surface area contributed by atoms with Crippen LogP contribution in [0.2, 0.25) is 0 Å². The Balaban J connectivity index is 2.81. The van der Waals surface area contributed by atoms with Crippen molar-refractivity contribution in [3.63, 3.8) is 0 Å². The third kappa shape index (κ3) is 1.63. The van der Waals surface area contributed by atoms with Crippen molar-refractivity contribution < 1.29 is 9.53 Å². The Labute approximate surface area is 71.2 Å². The van der Waals surface area contributed by atoms with Gasteiger partial charge in [0.25, 0.3) is 0 Å². The van der Waals surface area contributed by atoms with E-state index in [0.29, 0.717) is 6.61 Å². The van der Waals surface area contributed by atoms with E-state index in [4.69, 9.17) is 16.3 Å². The standard InChI is InChI=1S/C8H11ClO2/c1-5-4-11-7(3-9)8(10)6(5)2/h7H,3-4H2,1-2H3. The second-order valence-electron chi connectivity index (χ2n) is 2.72. The van der Waals surface area contributed by atoms with Crippen molar-refractivity contribution in [3.05, 3.63) is 11.1 Å². The predicted molar refractivity (Wildman–Crippen MR) is 43.8 cm³/mol. The number of hydrogen-bond donors (Lipinski definition) is 0. The highest BCUT2D eigenvalue weighted by atomic mass is 35.5. The molecule has 0 fully saturated rings. The van der Waals surface area contributed by atoms with Crippen molar-refractivity contribution in [1.82, 2.24) is 0 Å². The first-order valence-corrected chi connectivity index (χ1v) is 4.08. The highest BCUT2D eigenvalue weighted by Crippen LogP contribution is 2.16. The molecule has 0 aromatic heterocycles. The van der Waals surface area contributed by atoms with Crippen LogP contribution in [-0.2, 0) is 9.53 Å². The molecule has 3 heteroatoms. The molecular weight excluding hydrogens is 164 g/mol. The maximum Gasteiger partial charge on any atom is 0.188 e. The maximum absolute atomic E-state index is 11.3. The van der Waals surface area contributed by atoms with Gasteiger partial charge in [-0.2, -0.15) is 0 Å². The first kappa shape index (κ1) is 8.75. The smallest absolute Gasteiger partial charge is 0.188 e. The SMILES string of the molecule is CC1=C(C)C(=O)C(CCl)OC1. The summed E-state index contributed by atoms with van der Waals surface area (Å²) >= 11 is 5.52. The topological polar surface area (TPSA) is 26.3 Å². The van der Waals surface area contributed by atoms with Crippen molar-refractivity contribution in [2.24, 2.45) is 0 Å². The number of alkyl halides is 1. The van der Waals surface area contributed by atoms with Crippen LogP contribution >= 0.6 is 11.6 Å². The summed E-state index contributed by atoms with van der Waals surface area (Å²) in [5, 5.41) is 0. The lowest BCUT2D eigenvalue weighted by molar-refractivity contribution is -0.126. The van der Waals surface area contributed by atoms with Gasteiger partial charge in [-0.05, 0) is 25.0 Å². The van der Waals surface area contributed by atoms with Gasteiger partial charge in [-0.25, -0.2) is 0 Å². The molecule has 2 nitrogen and oxygen atoms in total. The Morgan fingerprint density at radius 2 is 2.27 bits per heavy atom. The van der Waals surface area contributed by atoms with Gasteiger partial charge in [-0.15, -0.1) is 11.6 Å². The predicted octanol–water partition coefficient (Wildman–Crippen LogP) is 1.53. The zero-order valence-corrected chi connectivity index (χ0v) is 7.44. The zero-order chi connectivity index (χ0) is 8.43. The van der Waals surface area contributed by atoms with Crippen molar-refractivity contribution >= 4 is 17.4 Å². The highest BCUT2D eigenvalue weighted by molar-refractivity contribution is 6.20. The lowest BCUT2D eigenvalue weighted by Gasteiger charge is -2.21. The molecule has 1 aliphatic rings. The lowest BCUT2D eigenvalue weighted by Crippen LogP contribution is -2.32. The van der Waals surface area contributed by atoms with Gasteiger partial charge < -0.3 is 4.74 Å². The number of carbonyl (C=O) groups is 1. The molecule has 0 bridgehead atoms. The fourth-order valence-electron chi connectivity index (χ4n) is 0.976. The van der Waals surface area contributed by atoms with Gasteiger partial charge in [-0.1, -0.05) is 0 Å². The largest absolute Gasteiger partial charge is 0.364 e. The van der Waals surface area contributed by atoms with Crippen LogP contribution in [0.25, 0.3) is 0 Å². The fraction of sp³-hybridized carbons (Fsp3) is 0.625. The van der Waals surface area contributed by atoms with Crippen molar-refractivity contribution in [2.45, 2.75) is 20.0 Å². The van der Waals surface area contributed by atoms with Gasteiger partial charge >= 0.3 is 0 Å². The fourth-order valence-corrected chi connectivity index (χ4v) is 1.21. The van der Waals surface area contributed by atoms with E-state index in [-0.39, 0.29) is 11.7 Å². The van der Waals surface area contributed by atoms with Crippen LogP contribution in [0.3, 0.4) is 0 Å². The van der Waals surface area contributed by atoms with Gasteiger partial charge in [-0.3, -0.25) is 4.79 Å². The molecule has 0 saturated heterocycles. The van der Waals surface area contributed by atoms with E-state index in [1.165, 1.54) is 0 Å². The number of ether oxygens (including phenoxy) is 1. The number of Topliss-reactive ketones (excluding diaryl/α,β-unsaturated/α-hetero) is 1. The second kappa shape index (κ2) is 3.37. The molecule has 11 heavy (non-hydrogen) atoms. The van der Waals surface area contributed by atoms with Gasteiger partial charge in [0.2, 0.25) is 0 Å². The van der Waals surface area contributed by atoms with E-state index in [0.717, 1.165) is 11.1 Å². The Morgan fingerprint density at radius 1 is 1.64 bits per heavy atom. The van der Waals surface area contributed by atoms with Crippen LogP contribution in [0.4, 0.5) is 0 Å². The van der Waals surface area contributed by atoms with E-state index in [1.807, 2.05) is 13.8 Å². The van der Waals surface area contributed by atoms with Crippen LogP contribution in [-0.4, -0.2) is 24.4 Å². The minimum Gasteiger partial charge on any atom is -0.364 e. The molecule has 0 aromatic carbocycles. The molecule has 0 N–H and O–H groups in total. The van der Waals surface area contributed by atoms with E-state index in [1.54, 1.807) is 0 Å². The molecule has 0 amide bonds. The Morgan fingerprint density at radius 3 is 2.82 bits per heavy atom. The van der Waals surface area contributed by atoms with Crippen molar-refractivity contribution in [2.75, 3.05) is 12.5 Å².